The minimum absolute atomic E-state index is 0.753. The summed E-state index contributed by atoms with van der Waals surface area (Å²) in [6.45, 7) is 0. The molecule has 6 aromatic carbocycles. The zero-order valence-corrected chi connectivity index (χ0v) is 24.5. The number of hydrogen-bond donors (Lipinski definition) is 0. The Morgan fingerprint density at radius 1 is 0.356 bits per heavy atom. The average Bonchev–Trinajstić information content (AvgIpc) is 3.12. The first-order valence-electron chi connectivity index (χ1n) is 15.1. The summed E-state index contributed by atoms with van der Waals surface area (Å²) in [7, 11) is 0. The molecular formula is C42H28N2O. The van der Waals surface area contributed by atoms with E-state index in [1.54, 1.807) is 0 Å². The van der Waals surface area contributed by atoms with Crippen LogP contribution in [0.5, 0.6) is 11.5 Å². The first-order chi connectivity index (χ1) is 22.3. The molecule has 0 bridgehead atoms. The highest BCUT2D eigenvalue weighted by molar-refractivity contribution is 5.99. The van der Waals surface area contributed by atoms with Crippen LogP contribution in [0.4, 0.5) is 0 Å². The summed E-state index contributed by atoms with van der Waals surface area (Å²) >= 11 is 0. The number of pyridine rings is 2. The predicted molar refractivity (Wildman–Crippen MR) is 185 cm³/mol. The molecule has 0 fully saturated rings. The molecule has 0 atom stereocenters. The minimum atomic E-state index is 0.753. The van der Waals surface area contributed by atoms with Crippen molar-refractivity contribution in [1.82, 2.24) is 9.97 Å². The van der Waals surface area contributed by atoms with Gasteiger partial charge in [0.25, 0.3) is 0 Å². The van der Waals surface area contributed by atoms with Gasteiger partial charge in [0.15, 0.2) is 0 Å². The van der Waals surface area contributed by atoms with Crippen molar-refractivity contribution in [3.8, 4) is 56.3 Å². The Balaban J connectivity index is 1.23. The summed E-state index contributed by atoms with van der Waals surface area (Å²) in [4.78, 5) is 9.60. The Morgan fingerprint density at radius 3 is 1.24 bits per heavy atom. The summed E-state index contributed by atoms with van der Waals surface area (Å²) in [6.07, 6.45) is 3.76. The van der Waals surface area contributed by atoms with Crippen LogP contribution in [0.2, 0.25) is 0 Å². The van der Waals surface area contributed by atoms with Crippen molar-refractivity contribution in [3.63, 3.8) is 0 Å². The average molecular weight is 577 g/mol. The van der Waals surface area contributed by atoms with Gasteiger partial charge in [-0.3, -0.25) is 9.97 Å². The van der Waals surface area contributed by atoms with Crippen molar-refractivity contribution in [1.29, 1.82) is 0 Å². The molecule has 0 aliphatic heterocycles. The van der Waals surface area contributed by atoms with Crippen molar-refractivity contribution in [2.45, 2.75) is 0 Å². The normalized spacial score (nSPS) is 11.1. The quantitative estimate of drug-likeness (QED) is 0.197. The first-order valence-corrected chi connectivity index (χ1v) is 15.1. The van der Waals surface area contributed by atoms with Crippen LogP contribution in [-0.2, 0) is 0 Å². The first kappa shape index (κ1) is 26.6. The van der Waals surface area contributed by atoms with Crippen molar-refractivity contribution in [2.75, 3.05) is 0 Å². The van der Waals surface area contributed by atoms with E-state index in [4.69, 9.17) is 14.7 Å². The van der Waals surface area contributed by atoms with Crippen molar-refractivity contribution >= 4 is 21.5 Å². The van der Waals surface area contributed by atoms with Gasteiger partial charge in [0.2, 0.25) is 0 Å². The van der Waals surface area contributed by atoms with Gasteiger partial charge in [-0.25, -0.2) is 0 Å². The molecule has 2 aromatic heterocycles. The number of rotatable bonds is 6. The summed E-state index contributed by atoms with van der Waals surface area (Å²) in [5.74, 6) is 1.51. The third kappa shape index (κ3) is 5.32. The second-order valence-electron chi connectivity index (χ2n) is 11.1. The Morgan fingerprint density at radius 2 is 0.778 bits per heavy atom. The molecule has 0 unspecified atom stereocenters. The number of aromatic nitrogens is 2. The van der Waals surface area contributed by atoms with Crippen LogP contribution in [0.15, 0.2) is 170 Å². The molecular weight excluding hydrogens is 548 g/mol. The second kappa shape index (κ2) is 11.6. The van der Waals surface area contributed by atoms with Gasteiger partial charge in [-0.1, -0.05) is 109 Å². The molecule has 0 spiro atoms. The van der Waals surface area contributed by atoms with Gasteiger partial charge >= 0.3 is 0 Å². The number of ether oxygens (including phenoxy) is 1. The highest BCUT2D eigenvalue weighted by Gasteiger charge is 2.14. The zero-order valence-electron chi connectivity index (χ0n) is 24.5. The van der Waals surface area contributed by atoms with Crippen LogP contribution in [0.3, 0.4) is 0 Å². The van der Waals surface area contributed by atoms with Crippen LogP contribution in [0.1, 0.15) is 0 Å². The van der Waals surface area contributed by atoms with E-state index in [1.807, 2.05) is 24.5 Å². The second-order valence-corrected chi connectivity index (χ2v) is 11.1. The van der Waals surface area contributed by atoms with Gasteiger partial charge in [0.1, 0.15) is 11.5 Å². The van der Waals surface area contributed by atoms with E-state index < -0.39 is 0 Å². The topological polar surface area (TPSA) is 35.0 Å². The highest BCUT2D eigenvalue weighted by atomic mass is 16.5. The van der Waals surface area contributed by atoms with Crippen molar-refractivity contribution in [2.24, 2.45) is 0 Å². The van der Waals surface area contributed by atoms with Crippen LogP contribution >= 0.6 is 0 Å². The van der Waals surface area contributed by atoms with Crippen LogP contribution in [-0.4, -0.2) is 9.97 Å². The lowest BCUT2D eigenvalue weighted by Crippen LogP contribution is -1.92. The van der Waals surface area contributed by atoms with Gasteiger partial charge in [0.05, 0.1) is 11.4 Å². The summed E-state index contributed by atoms with van der Waals surface area (Å²) < 4.78 is 6.69. The van der Waals surface area contributed by atoms with E-state index in [1.165, 1.54) is 0 Å². The smallest absolute Gasteiger partial charge is 0.128 e. The maximum atomic E-state index is 6.69. The molecule has 0 N–H and O–H groups in total. The standard InChI is InChI=1S/C42H28N2O/c1-3-11-29(12-4-1)31-19-21-43-41(25-31)39-27-35(23-33-15-7-9-17-37(33)39)45-36-24-34-16-8-10-18-38(34)40(28-36)42-26-32(20-22-44-42)30-13-5-2-6-14-30/h1-28H. The molecule has 3 heteroatoms. The number of nitrogens with zero attached hydrogens (tertiary/aromatic N) is 2. The van der Waals surface area contributed by atoms with Crippen LogP contribution in [0.25, 0.3) is 66.3 Å². The van der Waals surface area contributed by atoms with E-state index in [9.17, 15) is 0 Å². The molecule has 212 valence electrons. The van der Waals surface area contributed by atoms with E-state index in [0.29, 0.717) is 0 Å². The largest absolute Gasteiger partial charge is 0.457 e. The molecule has 0 aliphatic carbocycles. The van der Waals surface area contributed by atoms with Gasteiger partial charge in [-0.05, 0) is 92.3 Å². The van der Waals surface area contributed by atoms with Crippen LogP contribution < -0.4 is 4.74 Å². The molecule has 45 heavy (non-hydrogen) atoms. The number of hydrogen-bond acceptors (Lipinski definition) is 3. The third-order valence-corrected chi connectivity index (χ3v) is 8.19. The molecule has 8 aromatic rings. The lowest BCUT2D eigenvalue weighted by Gasteiger charge is -2.15. The minimum Gasteiger partial charge on any atom is -0.457 e. The van der Waals surface area contributed by atoms with Gasteiger partial charge < -0.3 is 4.74 Å². The Labute approximate surface area is 262 Å². The lowest BCUT2D eigenvalue weighted by atomic mass is 9.98. The zero-order chi connectivity index (χ0) is 30.0. The lowest BCUT2D eigenvalue weighted by molar-refractivity contribution is 0.484. The molecule has 3 nitrogen and oxygen atoms in total. The van der Waals surface area contributed by atoms with Gasteiger partial charge in [0, 0.05) is 23.5 Å². The Hall–Kier alpha value is -6.06. The number of fused-ring (bicyclic) bond motifs is 2. The van der Waals surface area contributed by atoms with Gasteiger partial charge in [-0.2, -0.15) is 0 Å². The molecule has 2 heterocycles. The molecule has 0 radical (unpaired) electrons. The predicted octanol–water partition coefficient (Wildman–Crippen LogP) is 11.2. The van der Waals surface area contributed by atoms with Crippen molar-refractivity contribution in [3.05, 3.63) is 170 Å². The van der Waals surface area contributed by atoms with Gasteiger partial charge in [-0.15, -0.1) is 0 Å². The van der Waals surface area contributed by atoms with Crippen molar-refractivity contribution < 1.29 is 4.74 Å². The Kier molecular flexibility index (Phi) is 6.82. The molecule has 0 aliphatic rings. The van der Waals surface area contributed by atoms with E-state index in [-0.39, 0.29) is 0 Å². The number of benzene rings is 6. The fraction of sp³-hybridized carbons (Fsp3) is 0. The van der Waals surface area contributed by atoms with E-state index in [2.05, 4.69) is 146 Å². The summed E-state index contributed by atoms with van der Waals surface area (Å²) in [6, 6.07) is 54.4. The monoisotopic (exact) mass is 576 g/mol. The molecule has 8 rings (SSSR count). The molecule has 0 amide bonds. The van der Waals surface area contributed by atoms with E-state index in [0.717, 1.165) is 77.8 Å². The summed E-state index contributed by atoms with van der Waals surface area (Å²) in [5, 5.41) is 4.44. The van der Waals surface area contributed by atoms with Crippen LogP contribution in [0, 0.1) is 0 Å². The Bertz CT molecular complexity index is 2130. The SMILES string of the molecule is c1ccc(-c2ccnc(-c3cc(Oc4cc(-c5cc(-c6ccccc6)ccn5)c5ccccc5c4)cc4ccccc34)c2)cc1. The maximum Gasteiger partial charge on any atom is 0.128 e. The summed E-state index contributed by atoms with van der Waals surface area (Å²) in [5.41, 5.74) is 8.43. The maximum absolute atomic E-state index is 6.69. The van der Waals surface area contributed by atoms with E-state index >= 15 is 0 Å². The molecule has 0 saturated carbocycles. The third-order valence-electron chi connectivity index (χ3n) is 8.19. The molecule has 0 saturated heterocycles. The fourth-order valence-corrected chi connectivity index (χ4v) is 6.02. The highest BCUT2D eigenvalue weighted by Crippen LogP contribution is 2.39. The fourth-order valence-electron chi connectivity index (χ4n) is 6.02.